The number of halogens is 1. The van der Waals surface area contributed by atoms with Gasteiger partial charge in [0.25, 0.3) is 0 Å². The Morgan fingerprint density at radius 1 is 1.06 bits per heavy atom. The number of hydrogen-bond donors (Lipinski definition) is 1. The van der Waals surface area contributed by atoms with Crippen LogP contribution in [0.4, 0.5) is 9.18 Å². The van der Waals surface area contributed by atoms with Gasteiger partial charge in [-0.3, -0.25) is 14.9 Å². The highest BCUT2D eigenvalue weighted by Crippen LogP contribution is 2.33. The molecule has 1 aromatic rings. The van der Waals surface area contributed by atoms with Crippen molar-refractivity contribution >= 4 is 17.9 Å². The largest absolute Gasteiger partial charge is 0.444 e. The standard InChI is InChI=1S/C21H27FN2O4.2C2H6/c1-21(2,3)28-20(27)24-10-8-13(9-11-24)15-5-4-14(12-17(15)22)16-6-7-18(25)23-19(16)26;2*1-2/h4-5,12-13,16H,6-11H2,1-3H3,(H,23,25,26);2*1-2H3. The van der Waals surface area contributed by atoms with Crippen LogP contribution < -0.4 is 5.32 Å². The number of benzene rings is 1. The average Bonchev–Trinajstić information content (AvgIpc) is 2.75. The van der Waals surface area contributed by atoms with E-state index in [1.165, 1.54) is 6.07 Å². The fraction of sp³-hybridized carbons (Fsp3) is 0.640. The summed E-state index contributed by atoms with van der Waals surface area (Å²) in [5.74, 6) is -1.45. The van der Waals surface area contributed by atoms with E-state index >= 15 is 0 Å². The number of ether oxygens (including phenoxy) is 1. The van der Waals surface area contributed by atoms with Crippen LogP contribution in [0, 0.1) is 5.82 Å². The molecule has 2 heterocycles. The molecule has 180 valence electrons. The molecule has 2 aliphatic rings. The van der Waals surface area contributed by atoms with Crippen LogP contribution in [0.1, 0.15) is 97.1 Å². The van der Waals surface area contributed by atoms with Crippen LogP contribution in [-0.2, 0) is 14.3 Å². The number of carbonyl (C=O) groups excluding carboxylic acids is 3. The first kappa shape index (κ1) is 27.6. The number of carbonyl (C=O) groups is 3. The van der Waals surface area contributed by atoms with Crippen molar-refractivity contribution in [3.8, 4) is 0 Å². The number of nitrogens with one attached hydrogen (secondary N) is 1. The zero-order valence-electron chi connectivity index (χ0n) is 20.6. The lowest BCUT2D eigenvalue weighted by Crippen LogP contribution is -2.41. The van der Waals surface area contributed by atoms with E-state index in [0.29, 0.717) is 43.5 Å². The lowest BCUT2D eigenvalue weighted by atomic mass is 9.85. The molecule has 1 N–H and O–H groups in total. The third-order valence-corrected chi connectivity index (χ3v) is 5.25. The molecule has 1 atom stereocenters. The summed E-state index contributed by atoms with van der Waals surface area (Å²) in [6, 6.07) is 4.93. The van der Waals surface area contributed by atoms with E-state index in [2.05, 4.69) is 5.32 Å². The van der Waals surface area contributed by atoms with Crippen LogP contribution in [0.5, 0.6) is 0 Å². The van der Waals surface area contributed by atoms with Crippen molar-refractivity contribution in [2.24, 2.45) is 0 Å². The number of rotatable bonds is 2. The molecule has 0 saturated carbocycles. The summed E-state index contributed by atoms with van der Waals surface area (Å²) in [5, 5.41) is 2.31. The number of likely N-dealkylation sites (tertiary alicyclic amines) is 1. The molecule has 6 nitrogen and oxygen atoms in total. The molecule has 1 unspecified atom stereocenters. The molecular weight excluding hydrogens is 411 g/mol. The van der Waals surface area contributed by atoms with Gasteiger partial charge in [-0.25, -0.2) is 9.18 Å². The SMILES string of the molecule is CC.CC.CC(C)(C)OC(=O)N1CCC(c2ccc(C3CCC(=O)NC3=O)cc2F)CC1. The lowest BCUT2D eigenvalue weighted by Gasteiger charge is -2.33. The molecule has 0 bridgehead atoms. The Hall–Kier alpha value is -2.44. The van der Waals surface area contributed by atoms with Gasteiger partial charge in [0.05, 0.1) is 5.92 Å². The minimum absolute atomic E-state index is 0.0227. The smallest absolute Gasteiger partial charge is 0.410 e. The maximum Gasteiger partial charge on any atom is 0.410 e. The summed E-state index contributed by atoms with van der Waals surface area (Å²) >= 11 is 0. The average molecular weight is 451 g/mol. The van der Waals surface area contributed by atoms with Crippen molar-refractivity contribution in [1.82, 2.24) is 10.2 Å². The van der Waals surface area contributed by atoms with Crippen molar-refractivity contribution in [2.75, 3.05) is 13.1 Å². The highest BCUT2D eigenvalue weighted by atomic mass is 19.1. The quantitative estimate of drug-likeness (QED) is 0.603. The van der Waals surface area contributed by atoms with Gasteiger partial charge < -0.3 is 9.64 Å². The van der Waals surface area contributed by atoms with Gasteiger partial charge in [-0.15, -0.1) is 0 Å². The summed E-state index contributed by atoms with van der Waals surface area (Å²) in [5.41, 5.74) is 0.670. The molecule has 1 aromatic carbocycles. The molecule has 0 aliphatic carbocycles. The van der Waals surface area contributed by atoms with E-state index in [0.717, 1.165) is 0 Å². The number of imide groups is 1. The first-order valence-electron chi connectivity index (χ1n) is 11.7. The lowest BCUT2D eigenvalue weighted by molar-refractivity contribution is -0.134. The van der Waals surface area contributed by atoms with Crippen LogP contribution in [0.2, 0.25) is 0 Å². The normalized spacial score (nSPS) is 19.1. The molecule has 0 aromatic heterocycles. The van der Waals surface area contributed by atoms with Crippen LogP contribution in [0.15, 0.2) is 18.2 Å². The van der Waals surface area contributed by atoms with Gasteiger partial charge >= 0.3 is 6.09 Å². The Bertz CT molecular complexity index is 781. The van der Waals surface area contributed by atoms with Crippen molar-refractivity contribution < 1.29 is 23.5 Å². The van der Waals surface area contributed by atoms with Crippen molar-refractivity contribution in [3.05, 3.63) is 35.1 Å². The van der Waals surface area contributed by atoms with Crippen molar-refractivity contribution in [1.29, 1.82) is 0 Å². The number of hydrogen-bond acceptors (Lipinski definition) is 4. The van der Waals surface area contributed by atoms with Crippen LogP contribution in [0.25, 0.3) is 0 Å². The first-order valence-corrected chi connectivity index (χ1v) is 11.7. The van der Waals surface area contributed by atoms with Gasteiger partial charge in [-0.05, 0) is 63.1 Å². The van der Waals surface area contributed by atoms with Gasteiger partial charge in [-0.1, -0.05) is 39.8 Å². The molecule has 0 radical (unpaired) electrons. The van der Waals surface area contributed by atoms with Gasteiger partial charge in [0.15, 0.2) is 0 Å². The molecule has 7 heteroatoms. The van der Waals surface area contributed by atoms with Gasteiger partial charge in [0.2, 0.25) is 11.8 Å². The van der Waals surface area contributed by atoms with E-state index in [1.54, 1.807) is 17.0 Å². The summed E-state index contributed by atoms with van der Waals surface area (Å²) < 4.78 is 20.2. The Morgan fingerprint density at radius 2 is 1.66 bits per heavy atom. The van der Waals surface area contributed by atoms with Crippen molar-refractivity contribution in [3.63, 3.8) is 0 Å². The van der Waals surface area contributed by atoms with E-state index in [4.69, 9.17) is 4.74 Å². The zero-order valence-corrected chi connectivity index (χ0v) is 20.6. The molecule has 2 fully saturated rings. The molecule has 2 aliphatic heterocycles. The minimum atomic E-state index is -0.536. The zero-order chi connectivity index (χ0) is 24.5. The van der Waals surface area contributed by atoms with E-state index in [1.807, 2.05) is 48.5 Å². The highest BCUT2D eigenvalue weighted by molar-refractivity contribution is 6.00. The number of piperidine rings is 2. The fourth-order valence-electron chi connectivity index (χ4n) is 3.80. The van der Waals surface area contributed by atoms with Crippen LogP contribution >= 0.6 is 0 Å². The summed E-state index contributed by atoms with van der Waals surface area (Å²) in [7, 11) is 0. The maximum atomic E-state index is 14.8. The van der Waals surface area contributed by atoms with Gasteiger partial charge in [-0.2, -0.15) is 0 Å². The highest BCUT2D eigenvalue weighted by Gasteiger charge is 2.31. The number of amides is 3. The Morgan fingerprint density at radius 3 is 2.16 bits per heavy atom. The Kier molecular flexibility index (Phi) is 10.8. The topological polar surface area (TPSA) is 75.7 Å². The Labute approximate surface area is 191 Å². The predicted octanol–water partition coefficient (Wildman–Crippen LogP) is 5.51. The van der Waals surface area contributed by atoms with Crippen LogP contribution in [0.3, 0.4) is 0 Å². The molecule has 3 rings (SSSR count). The summed E-state index contributed by atoms with van der Waals surface area (Å²) in [6.45, 7) is 14.5. The molecule has 3 amide bonds. The fourth-order valence-corrected chi connectivity index (χ4v) is 3.80. The molecule has 32 heavy (non-hydrogen) atoms. The third kappa shape index (κ3) is 7.61. The van der Waals surface area contributed by atoms with Gasteiger partial charge in [0.1, 0.15) is 11.4 Å². The molecule has 0 spiro atoms. The summed E-state index contributed by atoms with van der Waals surface area (Å²) in [6.07, 6.45) is 1.65. The monoisotopic (exact) mass is 450 g/mol. The maximum absolute atomic E-state index is 14.8. The number of nitrogens with zero attached hydrogens (tertiary/aromatic N) is 1. The van der Waals surface area contributed by atoms with E-state index in [9.17, 15) is 18.8 Å². The first-order chi connectivity index (χ1) is 15.1. The second kappa shape index (κ2) is 12.6. The minimum Gasteiger partial charge on any atom is -0.444 e. The molecular formula is C25H39FN2O4. The predicted molar refractivity (Wildman–Crippen MR) is 124 cm³/mol. The molecule has 2 saturated heterocycles. The second-order valence-electron chi connectivity index (χ2n) is 8.53. The van der Waals surface area contributed by atoms with Crippen molar-refractivity contribution in [2.45, 2.75) is 91.6 Å². The third-order valence-electron chi connectivity index (χ3n) is 5.25. The van der Waals surface area contributed by atoms with Crippen LogP contribution in [-0.4, -0.2) is 41.5 Å². The Balaban J connectivity index is 0.00000121. The second-order valence-corrected chi connectivity index (χ2v) is 8.53. The van der Waals surface area contributed by atoms with E-state index in [-0.39, 0.29) is 36.1 Å². The van der Waals surface area contributed by atoms with E-state index < -0.39 is 11.5 Å². The van der Waals surface area contributed by atoms with Gasteiger partial charge in [0, 0.05) is 19.5 Å². The summed E-state index contributed by atoms with van der Waals surface area (Å²) in [4.78, 5) is 37.1.